The number of ether oxygens (including phenoxy) is 1. The van der Waals surface area contributed by atoms with Crippen molar-refractivity contribution in [2.24, 2.45) is 0 Å². The highest BCUT2D eigenvalue weighted by molar-refractivity contribution is 7.21. The molecule has 0 N–H and O–H groups in total. The molecule has 0 saturated heterocycles. The lowest BCUT2D eigenvalue weighted by atomic mass is 10.1. The third-order valence-corrected chi connectivity index (χ3v) is 4.53. The molecule has 102 valence electrons. The van der Waals surface area contributed by atoms with Gasteiger partial charge in [0.2, 0.25) is 0 Å². The number of methoxy groups -OCH3 is 1. The number of imidazole rings is 1. The average Bonchev–Trinajstić information content (AvgIpc) is 3.06. The van der Waals surface area contributed by atoms with Crippen LogP contribution in [0.4, 0.5) is 0 Å². The van der Waals surface area contributed by atoms with Crippen molar-refractivity contribution >= 4 is 27.4 Å². The average molecular weight is 286 g/mol. The van der Waals surface area contributed by atoms with Gasteiger partial charge in [-0.2, -0.15) is 0 Å². The van der Waals surface area contributed by atoms with Crippen LogP contribution in [0.5, 0.6) is 0 Å². The quantitative estimate of drug-likeness (QED) is 0.694. The van der Waals surface area contributed by atoms with Gasteiger partial charge in [0.25, 0.3) is 0 Å². The Morgan fingerprint density at radius 3 is 3.00 bits per heavy atom. The fourth-order valence-corrected chi connectivity index (χ4v) is 3.44. The number of aromatic nitrogens is 2. The maximum Gasteiger partial charge on any atom is 0.348 e. The molecule has 5 heteroatoms. The molecule has 2 aromatic heterocycles. The second-order valence-electron chi connectivity index (χ2n) is 4.61. The molecule has 0 bridgehead atoms. The van der Waals surface area contributed by atoms with Crippen LogP contribution in [0.2, 0.25) is 0 Å². The second-order valence-corrected chi connectivity index (χ2v) is 5.67. The summed E-state index contributed by atoms with van der Waals surface area (Å²) in [7, 11) is 1.41. The Morgan fingerprint density at radius 1 is 1.45 bits per heavy atom. The molecule has 0 atom stereocenters. The first-order chi connectivity index (χ1) is 9.69. The molecule has 3 aromatic rings. The van der Waals surface area contributed by atoms with Crippen molar-refractivity contribution in [3.8, 4) is 0 Å². The summed E-state index contributed by atoms with van der Waals surface area (Å²) in [5.74, 6) is -0.264. The molecule has 0 fully saturated rings. The Balaban J connectivity index is 2.01. The van der Waals surface area contributed by atoms with E-state index in [1.165, 1.54) is 24.0 Å². The van der Waals surface area contributed by atoms with Gasteiger partial charge in [-0.25, -0.2) is 9.78 Å². The molecule has 0 aliphatic carbocycles. The minimum atomic E-state index is -0.264. The van der Waals surface area contributed by atoms with Crippen molar-refractivity contribution in [1.82, 2.24) is 9.55 Å². The minimum Gasteiger partial charge on any atom is -0.465 e. The van der Waals surface area contributed by atoms with Crippen LogP contribution in [0.3, 0.4) is 0 Å². The predicted molar refractivity (Wildman–Crippen MR) is 79.2 cm³/mol. The Bertz CT molecular complexity index is 760. The maximum absolute atomic E-state index is 11.7. The molecule has 1 aromatic carbocycles. The zero-order valence-electron chi connectivity index (χ0n) is 11.3. The van der Waals surface area contributed by atoms with Crippen LogP contribution in [0, 0.1) is 6.92 Å². The smallest absolute Gasteiger partial charge is 0.348 e. The number of fused-ring (bicyclic) bond motifs is 1. The van der Waals surface area contributed by atoms with Crippen molar-refractivity contribution in [2.45, 2.75) is 13.5 Å². The first-order valence-electron chi connectivity index (χ1n) is 6.25. The van der Waals surface area contributed by atoms with E-state index in [0.717, 1.165) is 22.2 Å². The summed E-state index contributed by atoms with van der Waals surface area (Å²) in [4.78, 5) is 16.4. The molecule has 4 nitrogen and oxygen atoms in total. The van der Waals surface area contributed by atoms with E-state index in [1.807, 2.05) is 17.7 Å². The molecule has 0 spiro atoms. The van der Waals surface area contributed by atoms with Gasteiger partial charge < -0.3 is 9.30 Å². The molecule has 3 rings (SSSR count). The summed E-state index contributed by atoms with van der Waals surface area (Å²) >= 11 is 1.48. The van der Waals surface area contributed by atoms with E-state index in [4.69, 9.17) is 4.74 Å². The Hall–Kier alpha value is -2.14. The number of carbonyl (C=O) groups excluding carboxylic acids is 1. The molecule has 0 unspecified atom stereocenters. The molecule has 0 aliphatic heterocycles. The van der Waals surface area contributed by atoms with Gasteiger partial charge in [0.1, 0.15) is 4.88 Å². The van der Waals surface area contributed by atoms with E-state index < -0.39 is 0 Å². The molecule has 0 radical (unpaired) electrons. The lowest BCUT2D eigenvalue weighted by Gasteiger charge is -2.02. The first-order valence-corrected chi connectivity index (χ1v) is 7.07. The van der Waals surface area contributed by atoms with Gasteiger partial charge in [-0.05, 0) is 29.5 Å². The number of nitrogens with zero attached hydrogens (tertiary/aromatic N) is 2. The number of hydrogen-bond acceptors (Lipinski definition) is 4. The van der Waals surface area contributed by atoms with Crippen molar-refractivity contribution < 1.29 is 9.53 Å². The number of benzene rings is 1. The zero-order chi connectivity index (χ0) is 14.1. The Labute approximate surface area is 120 Å². The first kappa shape index (κ1) is 12.9. The molecule has 20 heavy (non-hydrogen) atoms. The van der Waals surface area contributed by atoms with Crippen LogP contribution in [0.15, 0.2) is 36.9 Å². The van der Waals surface area contributed by atoms with Crippen LogP contribution in [0.25, 0.3) is 10.1 Å². The third-order valence-electron chi connectivity index (χ3n) is 3.30. The van der Waals surface area contributed by atoms with E-state index >= 15 is 0 Å². The van der Waals surface area contributed by atoms with Crippen LogP contribution < -0.4 is 0 Å². The number of rotatable bonds is 3. The molecular weight excluding hydrogens is 272 g/mol. The topological polar surface area (TPSA) is 44.1 Å². The Kier molecular flexibility index (Phi) is 3.28. The van der Waals surface area contributed by atoms with Gasteiger partial charge in [0, 0.05) is 23.6 Å². The highest BCUT2D eigenvalue weighted by Gasteiger charge is 2.15. The summed E-state index contributed by atoms with van der Waals surface area (Å²) in [6.45, 7) is 2.74. The van der Waals surface area contributed by atoms with Crippen molar-refractivity contribution in [3.63, 3.8) is 0 Å². The van der Waals surface area contributed by atoms with Gasteiger partial charge >= 0.3 is 5.97 Å². The highest BCUT2D eigenvalue weighted by Crippen LogP contribution is 2.32. The molecule has 0 aliphatic rings. The number of thiophene rings is 1. The standard InChI is InChI=1S/C15H14N2O2S/c1-10-12-4-3-11(8-17-6-5-16-9-17)7-13(12)20-14(10)15(18)19-2/h3-7,9H,8H2,1-2H3. The lowest BCUT2D eigenvalue weighted by molar-refractivity contribution is 0.0605. The van der Waals surface area contributed by atoms with Crippen molar-refractivity contribution in [1.29, 1.82) is 0 Å². The lowest BCUT2D eigenvalue weighted by Crippen LogP contribution is -1.99. The third kappa shape index (κ3) is 2.20. The fraction of sp³-hybridized carbons (Fsp3) is 0.200. The van der Waals surface area contributed by atoms with E-state index in [2.05, 4.69) is 23.2 Å². The van der Waals surface area contributed by atoms with Crippen molar-refractivity contribution in [2.75, 3.05) is 7.11 Å². The normalized spacial score (nSPS) is 10.9. The van der Waals surface area contributed by atoms with Gasteiger partial charge in [-0.15, -0.1) is 11.3 Å². The number of hydrogen-bond donors (Lipinski definition) is 0. The largest absolute Gasteiger partial charge is 0.465 e. The van der Waals surface area contributed by atoms with Crippen LogP contribution >= 0.6 is 11.3 Å². The van der Waals surface area contributed by atoms with Gasteiger partial charge in [-0.3, -0.25) is 0 Å². The van der Waals surface area contributed by atoms with E-state index in [0.29, 0.717) is 4.88 Å². The van der Waals surface area contributed by atoms with Gasteiger partial charge in [-0.1, -0.05) is 12.1 Å². The van der Waals surface area contributed by atoms with Gasteiger partial charge in [0.15, 0.2) is 0 Å². The maximum atomic E-state index is 11.7. The van der Waals surface area contributed by atoms with E-state index in [1.54, 1.807) is 12.5 Å². The molecular formula is C15H14N2O2S. The van der Waals surface area contributed by atoms with Crippen molar-refractivity contribution in [3.05, 3.63) is 52.9 Å². The number of esters is 1. The summed E-state index contributed by atoms with van der Waals surface area (Å²) < 4.78 is 7.95. The SMILES string of the molecule is COC(=O)c1sc2cc(Cn3ccnc3)ccc2c1C. The molecule has 2 heterocycles. The molecule has 0 amide bonds. The summed E-state index contributed by atoms with van der Waals surface area (Å²) in [6.07, 6.45) is 5.50. The van der Waals surface area contributed by atoms with Crippen LogP contribution in [0.1, 0.15) is 20.8 Å². The van der Waals surface area contributed by atoms with E-state index in [-0.39, 0.29) is 5.97 Å². The highest BCUT2D eigenvalue weighted by atomic mass is 32.1. The predicted octanol–water partition coefficient (Wildman–Crippen LogP) is 3.24. The summed E-state index contributed by atoms with van der Waals surface area (Å²) in [5, 5.41) is 1.12. The Morgan fingerprint density at radius 2 is 2.30 bits per heavy atom. The summed E-state index contributed by atoms with van der Waals surface area (Å²) in [5.41, 5.74) is 2.18. The van der Waals surface area contributed by atoms with Gasteiger partial charge in [0.05, 0.1) is 13.4 Å². The molecule has 0 saturated carbocycles. The monoisotopic (exact) mass is 286 g/mol. The van der Waals surface area contributed by atoms with E-state index in [9.17, 15) is 4.79 Å². The zero-order valence-corrected chi connectivity index (χ0v) is 12.1. The summed E-state index contributed by atoms with van der Waals surface area (Å²) in [6, 6.07) is 6.28. The fourth-order valence-electron chi connectivity index (χ4n) is 2.25. The second kappa shape index (κ2) is 5.09. The number of carbonyl (C=O) groups is 1. The number of aryl methyl sites for hydroxylation is 1. The van der Waals surface area contributed by atoms with Crippen LogP contribution in [-0.2, 0) is 11.3 Å². The minimum absolute atomic E-state index is 0.264. The van der Waals surface area contributed by atoms with Crippen LogP contribution in [-0.4, -0.2) is 22.6 Å².